The summed E-state index contributed by atoms with van der Waals surface area (Å²) in [5.74, 6) is -0.349. The minimum Gasteiger partial charge on any atom is -0.462 e. The van der Waals surface area contributed by atoms with Crippen molar-refractivity contribution in [2.45, 2.75) is 26.1 Å². The Morgan fingerprint density at radius 3 is 2.92 bits per heavy atom. The van der Waals surface area contributed by atoms with Gasteiger partial charge in [-0.15, -0.1) is 0 Å². The number of ether oxygens (including phenoxy) is 3. The Morgan fingerprint density at radius 1 is 1.36 bits per heavy atom. The first-order valence-electron chi connectivity index (χ1n) is 8.58. The van der Waals surface area contributed by atoms with Gasteiger partial charge in [0.2, 0.25) is 0 Å². The molecule has 6 heteroatoms. The fourth-order valence-corrected chi connectivity index (χ4v) is 3.33. The summed E-state index contributed by atoms with van der Waals surface area (Å²) in [6.07, 6.45) is 1.60. The molecule has 0 spiro atoms. The fraction of sp³-hybridized carbons (Fsp3) is 0.474. The number of esters is 1. The van der Waals surface area contributed by atoms with E-state index in [0.29, 0.717) is 31.9 Å². The molecule has 1 aromatic heterocycles. The first kappa shape index (κ1) is 17.6. The lowest BCUT2D eigenvalue weighted by atomic mass is 10.1. The number of aromatic nitrogens is 1. The second-order valence-electron chi connectivity index (χ2n) is 6.19. The van der Waals surface area contributed by atoms with Crippen LogP contribution in [0.1, 0.15) is 24.2 Å². The third-order valence-electron chi connectivity index (χ3n) is 4.24. The van der Waals surface area contributed by atoms with E-state index in [9.17, 15) is 4.79 Å². The Balaban J connectivity index is 2.08. The maximum absolute atomic E-state index is 12.5. The second-order valence-corrected chi connectivity index (χ2v) is 6.19. The quantitative estimate of drug-likeness (QED) is 0.777. The predicted molar refractivity (Wildman–Crippen MR) is 96.1 cm³/mol. The highest BCUT2D eigenvalue weighted by Gasteiger charge is 2.29. The number of hydrogen-bond acceptors (Lipinski definition) is 6. The summed E-state index contributed by atoms with van der Waals surface area (Å²) in [6.45, 7) is 6.02. The number of pyridine rings is 1. The summed E-state index contributed by atoms with van der Waals surface area (Å²) in [4.78, 5) is 19.1. The van der Waals surface area contributed by atoms with Crippen LogP contribution in [0.2, 0.25) is 0 Å². The molecule has 0 radical (unpaired) electrons. The normalized spacial score (nSPS) is 20.7. The van der Waals surface area contributed by atoms with E-state index >= 15 is 0 Å². The number of anilines is 1. The van der Waals surface area contributed by atoms with Crippen molar-refractivity contribution in [3.63, 3.8) is 0 Å². The molecule has 1 aliphatic rings. The molecule has 0 amide bonds. The molecule has 3 rings (SSSR count). The highest BCUT2D eigenvalue weighted by molar-refractivity contribution is 6.05. The van der Waals surface area contributed by atoms with Gasteiger partial charge in [-0.05, 0) is 19.9 Å². The summed E-state index contributed by atoms with van der Waals surface area (Å²) in [7, 11) is 1.67. The Labute approximate surface area is 147 Å². The molecular formula is C19H24N2O4. The largest absolute Gasteiger partial charge is 0.462 e. The topological polar surface area (TPSA) is 60.9 Å². The number of morpholine rings is 1. The van der Waals surface area contributed by atoms with Gasteiger partial charge in [-0.1, -0.05) is 18.2 Å². The van der Waals surface area contributed by atoms with Gasteiger partial charge >= 0.3 is 5.97 Å². The van der Waals surface area contributed by atoms with Gasteiger partial charge in [-0.3, -0.25) is 4.98 Å². The number of rotatable bonds is 5. The number of nitrogens with zero attached hydrogens (tertiary/aromatic N) is 2. The molecule has 0 bridgehead atoms. The van der Waals surface area contributed by atoms with E-state index in [0.717, 1.165) is 16.6 Å². The lowest BCUT2D eigenvalue weighted by Gasteiger charge is -2.39. The highest BCUT2D eigenvalue weighted by Crippen LogP contribution is 2.32. The molecule has 2 unspecified atom stereocenters. The van der Waals surface area contributed by atoms with Gasteiger partial charge in [0.25, 0.3) is 0 Å². The van der Waals surface area contributed by atoms with Crippen LogP contribution in [0.4, 0.5) is 5.69 Å². The van der Waals surface area contributed by atoms with E-state index in [4.69, 9.17) is 14.2 Å². The zero-order valence-electron chi connectivity index (χ0n) is 14.9. The molecule has 6 nitrogen and oxygen atoms in total. The lowest BCUT2D eigenvalue weighted by Crippen LogP contribution is -2.48. The molecular weight excluding hydrogens is 320 g/mol. The van der Waals surface area contributed by atoms with Gasteiger partial charge < -0.3 is 19.1 Å². The van der Waals surface area contributed by atoms with E-state index in [-0.39, 0.29) is 18.2 Å². The number of carbonyl (C=O) groups excluding carboxylic acids is 1. The summed E-state index contributed by atoms with van der Waals surface area (Å²) in [6, 6.07) is 7.84. The van der Waals surface area contributed by atoms with E-state index < -0.39 is 0 Å². The van der Waals surface area contributed by atoms with E-state index in [1.165, 1.54) is 0 Å². The number of benzene rings is 1. The Hall–Kier alpha value is -2.18. The molecule has 2 aromatic rings. The maximum atomic E-state index is 12.5. The van der Waals surface area contributed by atoms with Crippen LogP contribution in [0.25, 0.3) is 10.9 Å². The monoisotopic (exact) mass is 344 g/mol. The smallest absolute Gasteiger partial charge is 0.341 e. The molecule has 2 atom stereocenters. The number of methoxy groups -OCH3 is 1. The minimum atomic E-state index is -0.349. The average Bonchev–Trinajstić information content (AvgIpc) is 2.60. The maximum Gasteiger partial charge on any atom is 0.341 e. The third kappa shape index (κ3) is 3.75. The van der Waals surface area contributed by atoms with Crippen LogP contribution in [0.5, 0.6) is 0 Å². The molecule has 0 N–H and O–H groups in total. The number of para-hydroxylation sites is 1. The Morgan fingerprint density at radius 2 is 2.16 bits per heavy atom. The van der Waals surface area contributed by atoms with Crippen molar-refractivity contribution < 1.29 is 19.0 Å². The van der Waals surface area contributed by atoms with Crippen molar-refractivity contribution in [1.82, 2.24) is 4.98 Å². The minimum absolute atomic E-state index is 0.0378. The van der Waals surface area contributed by atoms with Gasteiger partial charge in [-0.25, -0.2) is 4.79 Å². The Kier molecular flexibility index (Phi) is 5.50. The molecule has 134 valence electrons. The standard InChI is InChI=1S/C19H24N2O4/c1-4-24-19(22)16-9-20-17-8-6-5-7-15(17)18(16)21-10-13(2)25-14(11-21)12-23-3/h5-9,13-14H,4,10-12H2,1-3H3. The molecule has 2 heterocycles. The van der Waals surface area contributed by atoms with E-state index in [1.54, 1.807) is 20.2 Å². The van der Waals surface area contributed by atoms with Gasteiger partial charge in [0.15, 0.2) is 0 Å². The number of hydrogen-bond donors (Lipinski definition) is 0. The van der Waals surface area contributed by atoms with Crippen LogP contribution in [0.15, 0.2) is 30.5 Å². The zero-order chi connectivity index (χ0) is 17.8. The summed E-state index contributed by atoms with van der Waals surface area (Å²) < 4.78 is 16.4. The lowest BCUT2D eigenvalue weighted by molar-refractivity contribution is -0.0510. The fourth-order valence-electron chi connectivity index (χ4n) is 3.33. The van der Waals surface area contributed by atoms with Gasteiger partial charge in [0, 0.05) is 31.8 Å². The first-order chi connectivity index (χ1) is 12.1. The van der Waals surface area contributed by atoms with Crippen LogP contribution in [0.3, 0.4) is 0 Å². The van der Waals surface area contributed by atoms with Crippen LogP contribution >= 0.6 is 0 Å². The third-order valence-corrected chi connectivity index (χ3v) is 4.24. The van der Waals surface area contributed by atoms with E-state index in [1.807, 2.05) is 31.2 Å². The molecule has 0 aliphatic carbocycles. The first-order valence-corrected chi connectivity index (χ1v) is 8.58. The van der Waals surface area contributed by atoms with Crippen LogP contribution < -0.4 is 4.90 Å². The summed E-state index contributed by atoms with van der Waals surface area (Å²) in [5.41, 5.74) is 2.21. The molecule has 1 aromatic carbocycles. The zero-order valence-corrected chi connectivity index (χ0v) is 14.9. The number of fused-ring (bicyclic) bond motifs is 1. The molecule has 1 aliphatic heterocycles. The number of carbonyl (C=O) groups is 1. The van der Waals surface area contributed by atoms with Crippen molar-refractivity contribution in [1.29, 1.82) is 0 Å². The average molecular weight is 344 g/mol. The predicted octanol–water partition coefficient (Wildman–Crippen LogP) is 2.65. The van der Waals surface area contributed by atoms with Crippen molar-refractivity contribution in [2.24, 2.45) is 0 Å². The summed E-state index contributed by atoms with van der Waals surface area (Å²) in [5, 5.41) is 0.943. The SMILES string of the molecule is CCOC(=O)c1cnc2ccccc2c1N1CC(C)OC(COC)C1. The van der Waals surface area contributed by atoms with Crippen LogP contribution in [-0.2, 0) is 14.2 Å². The molecule has 1 saturated heterocycles. The summed E-state index contributed by atoms with van der Waals surface area (Å²) >= 11 is 0. The van der Waals surface area contributed by atoms with Crippen molar-refractivity contribution in [3.8, 4) is 0 Å². The molecule has 0 saturated carbocycles. The second kappa shape index (κ2) is 7.80. The van der Waals surface area contributed by atoms with Crippen LogP contribution in [0, 0.1) is 0 Å². The van der Waals surface area contributed by atoms with Gasteiger partial charge in [-0.2, -0.15) is 0 Å². The van der Waals surface area contributed by atoms with Crippen molar-refractivity contribution in [3.05, 3.63) is 36.0 Å². The van der Waals surface area contributed by atoms with Gasteiger partial charge in [0.05, 0.1) is 36.6 Å². The van der Waals surface area contributed by atoms with Crippen molar-refractivity contribution in [2.75, 3.05) is 38.3 Å². The Bertz CT molecular complexity index is 749. The van der Waals surface area contributed by atoms with Gasteiger partial charge in [0.1, 0.15) is 5.56 Å². The van der Waals surface area contributed by atoms with Crippen LogP contribution in [-0.4, -0.2) is 56.6 Å². The van der Waals surface area contributed by atoms with Crippen molar-refractivity contribution >= 4 is 22.6 Å². The molecule has 25 heavy (non-hydrogen) atoms. The highest BCUT2D eigenvalue weighted by atomic mass is 16.5. The molecule has 1 fully saturated rings. The van der Waals surface area contributed by atoms with E-state index in [2.05, 4.69) is 9.88 Å².